The molecule has 214 valence electrons. The summed E-state index contributed by atoms with van der Waals surface area (Å²) < 4.78 is 11.5. The van der Waals surface area contributed by atoms with Gasteiger partial charge in [0.15, 0.2) is 11.5 Å². The van der Waals surface area contributed by atoms with Crippen molar-refractivity contribution in [1.29, 1.82) is 0 Å². The Hall–Kier alpha value is -3.98. The van der Waals surface area contributed by atoms with Crippen LogP contribution in [-0.2, 0) is 9.59 Å². The number of ether oxygens (including phenoxy) is 2. The van der Waals surface area contributed by atoms with Crippen LogP contribution >= 0.6 is 11.6 Å². The third-order valence-electron chi connectivity index (χ3n) is 8.28. The van der Waals surface area contributed by atoms with Crippen molar-refractivity contribution in [3.8, 4) is 17.2 Å². The topological polar surface area (TPSA) is 108 Å². The molecule has 2 N–H and O–H groups in total. The van der Waals surface area contributed by atoms with Crippen molar-refractivity contribution in [2.45, 2.75) is 44.1 Å². The van der Waals surface area contributed by atoms with Gasteiger partial charge in [-0.25, -0.2) is 0 Å². The Balaban J connectivity index is 1.15. The predicted molar refractivity (Wildman–Crippen MR) is 156 cm³/mol. The van der Waals surface area contributed by atoms with E-state index >= 15 is 0 Å². The molecule has 0 bridgehead atoms. The Morgan fingerprint density at radius 2 is 1.93 bits per heavy atom. The Morgan fingerprint density at radius 1 is 1.12 bits per heavy atom. The first kappa shape index (κ1) is 27.2. The third-order valence-corrected chi connectivity index (χ3v) is 8.66. The number of nitrogens with zero attached hydrogens (tertiary/aromatic N) is 2. The number of nitrogens with one attached hydrogen (secondary N) is 1. The highest BCUT2D eigenvalue weighted by atomic mass is 35.5. The Kier molecular flexibility index (Phi) is 7.38. The standard InChI is InChI=1S/C31H32ClN3O6/c1-40-26-13-21-22(33-30(38)23-9-4-5-11-34(23)31(21)39)14-27(26)41-12-6-10-28(37)35-17-18(16-32)29-20-8-3-2-7-19(20)25(36)15-24(29)35/h2-3,7-8,13-15,18,23,36H,4-6,9-12,16-17H2,1H3,(H,33,38)/t18-,23+/m1/s1. The molecule has 0 spiro atoms. The summed E-state index contributed by atoms with van der Waals surface area (Å²) in [4.78, 5) is 42.8. The zero-order valence-corrected chi connectivity index (χ0v) is 23.6. The van der Waals surface area contributed by atoms with E-state index in [9.17, 15) is 19.5 Å². The van der Waals surface area contributed by atoms with Crippen LogP contribution in [0.1, 0.15) is 53.9 Å². The van der Waals surface area contributed by atoms with E-state index in [1.54, 1.807) is 28.0 Å². The summed E-state index contributed by atoms with van der Waals surface area (Å²) in [6.45, 7) is 1.23. The van der Waals surface area contributed by atoms with Crippen LogP contribution < -0.4 is 19.7 Å². The number of phenols is 1. The SMILES string of the molecule is COc1cc2c(cc1OCCCC(=O)N1C[C@@H](CCl)c3c1cc(O)c1ccccc31)NC(=O)[C@@H]1CCCCN1C2=O. The number of halogens is 1. The Labute approximate surface area is 243 Å². The van der Waals surface area contributed by atoms with Gasteiger partial charge in [0.2, 0.25) is 11.8 Å². The fraction of sp³-hybridized carbons (Fsp3) is 0.387. The highest BCUT2D eigenvalue weighted by Crippen LogP contribution is 2.45. The molecular formula is C31H32ClN3O6. The Morgan fingerprint density at radius 3 is 2.71 bits per heavy atom. The number of piperidine rings is 1. The number of amides is 3. The molecule has 3 aromatic carbocycles. The van der Waals surface area contributed by atoms with Crippen molar-refractivity contribution >= 4 is 51.5 Å². The maximum Gasteiger partial charge on any atom is 0.256 e. The van der Waals surface area contributed by atoms with Gasteiger partial charge in [-0.3, -0.25) is 14.4 Å². The average molecular weight is 578 g/mol. The maximum absolute atomic E-state index is 13.3. The molecule has 0 unspecified atom stereocenters. The number of hydrogen-bond acceptors (Lipinski definition) is 6. The lowest BCUT2D eigenvalue weighted by Gasteiger charge is -2.32. The second-order valence-electron chi connectivity index (χ2n) is 10.7. The molecule has 3 aliphatic heterocycles. The van der Waals surface area contributed by atoms with Crippen molar-refractivity contribution in [3.05, 3.63) is 53.6 Å². The van der Waals surface area contributed by atoms with Crippen molar-refractivity contribution in [2.75, 3.05) is 42.9 Å². The molecule has 10 heteroatoms. The number of alkyl halides is 1. The highest BCUT2D eigenvalue weighted by molar-refractivity contribution is 6.19. The van der Waals surface area contributed by atoms with Gasteiger partial charge in [-0.05, 0) is 42.7 Å². The van der Waals surface area contributed by atoms with E-state index in [2.05, 4.69) is 5.32 Å². The first-order valence-corrected chi connectivity index (χ1v) is 14.5. The van der Waals surface area contributed by atoms with E-state index in [4.69, 9.17) is 21.1 Å². The van der Waals surface area contributed by atoms with E-state index in [1.807, 2.05) is 24.3 Å². The van der Waals surface area contributed by atoms with Gasteiger partial charge in [0.25, 0.3) is 5.91 Å². The maximum atomic E-state index is 13.3. The highest BCUT2D eigenvalue weighted by Gasteiger charge is 2.38. The van der Waals surface area contributed by atoms with Gasteiger partial charge in [-0.1, -0.05) is 24.3 Å². The fourth-order valence-corrected chi connectivity index (χ4v) is 6.51. The number of methoxy groups -OCH3 is 1. The van der Waals surface area contributed by atoms with Gasteiger partial charge >= 0.3 is 0 Å². The zero-order chi connectivity index (χ0) is 28.7. The zero-order valence-electron chi connectivity index (χ0n) is 22.8. The van der Waals surface area contributed by atoms with Crippen molar-refractivity contribution in [3.63, 3.8) is 0 Å². The summed E-state index contributed by atoms with van der Waals surface area (Å²) in [7, 11) is 1.50. The second-order valence-corrected chi connectivity index (χ2v) is 11.0. The van der Waals surface area contributed by atoms with Gasteiger partial charge in [-0.15, -0.1) is 11.6 Å². The molecule has 1 fully saturated rings. The van der Waals surface area contributed by atoms with Crippen molar-refractivity contribution in [1.82, 2.24) is 4.90 Å². The molecule has 3 heterocycles. The van der Waals surface area contributed by atoms with Crippen molar-refractivity contribution < 1.29 is 29.0 Å². The predicted octanol–water partition coefficient (Wildman–Crippen LogP) is 5.03. The van der Waals surface area contributed by atoms with E-state index in [0.29, 0.717) is 60.2 Å². The van der Waals surface area contributed by atoms with Crippen LogP contribution in [-0.4, -0.2) is 66.5 Å². The van der Waals surface area contributed by atoms with Crippen LogP contribution in [0, 0.1) is 0 Å². The molecule has 0 aliphatic carbocycles. The lowest BCUT2D eigenvalue weighted by molar-refractivity contribution is -0.121. The molecule has 6 rings (SSSR count). The van der Waals surface area contributed by atoms with Crippen LogP contribution in [0.3, 0.4) is 0 Å². The first-order valence-electron chi connectivity index (χ1n) is 14.0. The van der Waals surface area contributed by atoms with Crippen LogP contribution in [0.15, 0.2) is 42.5 Å². The summed E-state index contributed by atoms with van der Waals surface area (Å²) in [5, 5.41) is 15.2. The minimum absolute atomic E-state index is 0.0284. The van der Waals surface area contributed by atoms with E-state index in [1.165, 1.54) is 7.11 Å². The minimum Gasteiger partial charge on any atom is -0.507 e. The van der Waals surface area contributed by atoms with Gasteiger partial charge in [0.1, 0.15) is 11.8 Å². The van der Waals surface area contributed by atoms with Crippen LogP contribution in [0.4, 0.5) is 11.4 Å². The largest absolute Gasteiger partial charge is 0.507 e. The number of fused-ring (bicyclic) bond motifs is 5. The molecular weight excluding hydrogens is 546 g/mol. The van der Waals surface area contributed by atoms with Gasteiger partial charge in [0, 0.05) is 48.8 Å². The molecule has 0 saturated carbocycles. The molecule has 41 heavy (non-hydrogen) atoms. The average Bonchev–Trinajstić information content (AvgIpc) is 3.33. The third kappa shape index (κ3) is 4.82. The number of aromatic hydroxyl groups is 1. The van der Waals surface area contributed by atoms with Crippen LogP contribution in [0.25, 0.3) is 10.8 Å². The van der Waals surface area contributed by atoms with Crippen LogP contribution in [0.5, 0.6) is 17.2 Å². The lowest BCUT2D eigenvalue weighted by atomic mass is 9.95. The molecule has 0 radical (unpaired) electrons. The minimum atomic E-state index is -0.473. The van der Waals surface area contributed by atoms with Gasteiger partial charge < -0.3 is 29.7 Å². The van der Waals surface area contributed by atoms with Crippen molar-refractivity contribution in [2.24, 2.45) is 0 Å². The fourth-order valence-electron chi connectivity index (χ4n) is 6.26. The van der Waals surface area contributed by atoms with E-state index in [-0.39, 0.29) is 42.4 Å². The second kappa shape index (κ2) is 11.1. The number of anilines is 2. The smallest absolute Gasteiger partial charge is 0.256 e. The molecule has 0 aromatic heterocycles. The number of phenolic OH excluding ortho intramolecular Hbond substituents is 1. The quantitative estimate of drug-likeness (QED) is 0.301. The molecule has 1 saturated heterocycles. The normalized spacial score (nSPS) is 19.8. The number of rotatable bonds is 7. The lowest BCUT2D eigenvalue weighted by Crippen LogP contribution is -2.47. The monoisotopic (exact) mass is 577 g/mol. The molecule has 3 amide bonds. The summed E-state index contributed by atoms with van der Waals surface area (Å²) in [5.74, 6) is 0.764. The van der Waals surface area contributed by atoms with E-state index < -0.39 is 6.04 Å². The van der Waals surface area contributed by atoms with Crippen LogP contribution in [0.2, 0.25) is 0 Å². The Bertz CT molecular complexity index is 1540. The molecule has 3 aromatic rings. The molecule has 9 nitrogen and oxygen atoms in total. The number of carbonyl (C=O) groups is 3. The summed E-state index contributed by atoms with van der Waals surface area (Å²) in [5.41, 5.74) is 2.45. The van der Waals surface area contributed by atoms with Gasteiger partial charge in [0.05, 0.1) is 30.7 Å². The number of benzene rings is 3. The summed E-state index contributed by atoms with van der Waals surface area (Å²) in [6.07, 6.45) is 3.07. The molecule has 2 atom stereocenters. The summed E-state index contributed by atoms with van der Waals surface area (Å²) in [6, 6.07) is 12.0. The molecule has 3 aliphatic rings. The first-order chi connectivity index (χ1) is 19.9. The number of hydrogen-bond donors (Lipinski definition) is 2. The summed E-state index contributed by atoms with van der Waals surface area (Å²) >= 11 is 6.30. The van der Waals surface area contributed by atoms with E-state index in [0.717, 1.165) is 29.2 Å². The van der Waals surface area contributed by atoms with Gasteiger partial charge in [-0.2, -0.15) is 0 Å². The number of carbonyl (C=O) groups excluding carboxylic acids is 3.